The second-order valence-corrected chi connectivity index (χ2v) is 10.1. The fourth-order valence-electron chi connectivity index (χ4n) is 5.42. The Kier molecular flexibility index (Phi) is 7.04. The van der Waals surface area contributed by atoms with Crippen molar-refractivity contribution < 1.29 is 43.7 Å². The zero-order chi connectivity index (χ0) is 31.3. The van der Waals surface area contributed by atoms with Crippen molar-refractivity contribution in [2.45, 2.75) is 13.2 Å². The molecule has 6 rings (SSSR count). The Labute approximate surface area is 250 Å². The Hall–Kier alpha value is -5.65. The first-order chi connectivity index (χ1) is 21.2. The molecule has 0 spiro atoms. The average Bonchev–Trinajstić information content (AvgIpc) is 3.46. The highest BCUT2D eigenvalue weighted by molar-refractivity contribution is 6.36. The number of hydrogen-bond donors (Lipinski definition) is 2. The van der Waals surface area contributed by atoms with E-state index in [1.54, 1.807) is 18.2 Å². The summed E-state index contributed by atoms with van der Waals surface area (Å²) >= 11 is 0. The summed E-state index contributed by atoms with van der Waals surface area (Å²) in [6, 6.07) is 17.4. The monoisotopic (exact) mass is 592 g/mol. The normalized spacial score (nSPS) is 13.8. The number of carbonyl (C=O) groups is 5. The maximum absolute atomic E-state index is 13.6. The van der Waals surface area contributed by atoms with E-state index < -0.39 is 36.0 Å². The Balaban J connectivity index is 1.31. The summed E-state index contributed by atoms with van der Waals surface area (Å²) in [5, 5.41) is 19.2. The van der Waals surface area contributed by atoms with Gasteiger partial charge in [-0.3, -0.25) is 24.0 Å². The molecule has 11 heteroatoms. The van der Waals surface area contributed by atoms with Gasteiger partial charge in [0.15, 0.2) is 5.78 Å². The van der Waals surface area contributed by atoms with E-state index in [-0.39, 0.29) is 62.7 Å². The lowest BCUT2D eigenvalue weighted by atomic mass is 9.96. The summed E-state index contributed by atoms with van der Waals surface area (Å²) in [5.41, 5.74) is 1.59. The number of nitrogens with zero attached hydrogens (tertiary/aromatic N) is 2. The van der Waals surface area contributed by atoms with Crippen molar-refractivity contribution in [1.82, 2.24) is 0 Å². The van der Waals surface area contributed by atoms with E-state index in [0.29, 0.717) is 11.3 Å². The van der Waals surface area contributed by atoms with E-state index in [9.17, 15) is 34.2 Å². The number of ketones is 1. The van der Waals surface area contributed by atoms with Crippen molar-refractivity contribution in [2.75, 3.05) is 24.0 Å². The molecule has 0 unspecified atom stereocenters. The van der Waals surface area contributed by atoms with Crippen molar-refractivity contribution in [1.29, 1.82) is 0 Å². The van der Waals surface area contributed by atoms with E-state index in [1.165, 1.54) is 68.8 Å². The fraction of sp³-hybridized carbons (Fsp3) is 0.121. The van der Waals surface area contributed by atoms with Gasteiger partial charge in [0.25, 0.3) is 23.6 Å². The molecule has 44 heavy (non-hydrogen) atoms. The number of anilines is 2. The molecule has 4 aromatic rings. The second-order valence-electron chi connectivity index (χ2n) is 10.1. The maximum Gasteiger partial charge on any atom is 0.266 e. The Morgan fingerprint density at radius 1 is 0.614 bits per heavy atom. The van der Waals surface area contributed by atoms with Crippen molar-refractivity contribution in [3.63, 3.8) is 0 Å². The van der Waals surface area contributed by atoms with Gasteiger partial charge in [-0.1, -0.05) is 18.2 Å². The molecule has 0 saturated carbocycles. The molecule has 2 aliphatic rings. The van der Waals surface area contributed by atoms with E-state index in [0.717, 1.165) is 9.80 Å². The number of benzene rings is 4. The number of aliphatic hydroxyl groups excluding tert-OH is 2. The van der Waals surface area contributed by atoms with Crippen molar-refractivity contribution >= 4 is 40.8 Å². The molecule has 0 atom stereocenters. The average molecular weight is 593 g/mol. The van der Waals surface area contributed by atoms with E-state index >= 15 is 0 Å². The number of methoxy groups -OCH3 is 2. The van der Waals surface area contributed by atoms with Gasteiger partial charge >= 0.3 is 0 Å². The fourth-order valence-corrected chi connectivity index (χ4v) is 5.42. The topological polar surface area (TPSA) is 151 Å². The van der Waals surface area contributed by atoms with Gasteiger partial charge in [-0.15, -0.1) is 0 Å². The molecular formula is C33H24N2O9. The first kappa shape index (κ1) is 28.5. The highest BCUT2D eigenvalue weighted by Crippen LogP contribution is 2.38. The number of amides is 4. The van der Waals surface area contributed by atoms with Crippen LogP contribution < -0.4 is 19.3 Å². The van der Waals surface area contributed by atoms with Gasteiger partial charge in [0.2, 0.25) is 0 Å². The van der Waals surface area contributed by atoms with Crippen LogP contribution in [0, 0.1) is 0 Å². The van der Waals surface area contributed by atoms with Crippen LogP contribution in [0.4, 0.5) is 11.4 Å². The van der Waals surface area contributed by atoms with Crippen LogP contribution in [0.15, 0.2) is 72.8 Å². The van der Waals surface area contributed by atoms with Crippen LogP contribution in [-0.4, -0.2) is 53.8 Å². The van der Waals surface area contributed by atoms with E-state index in [2.05, 4.69) is 0 Å². The number of aliphatic hydroxyl groups is 2. The molecule has 0 bridgehead atoms. The van der Waals surface area contributed by atoms with Gasteiger partial charge in [0.1, 0.15) is 11.5 Å². The molecule has 2 aliphatic heterocycles. The molecule has 0 saturated heterocycles. The lowest BCUT2D eigenvalue weighted by molar-refractivity contribution is 0.0909. The van der Waals surface area contributed by atoms with Gasteiger partial charge in [0, 0.05) is 22.8 Å². The van der Waals surface area contributed by atoms with Crippen molar-refractivity contribution in [3.8, 4) is 11.5 Å². The number of carbonyl (C=O) groups excluding carboxylic acids is 5. The zero-order valence-corrected chi connectivity index (χ0v) is 23.5. The zero-order valence-electron chi connectivity index (χ0n) is 23.5. The number of ether oxygens (including phenoxy) is 2. The molecule has 2 heterocycles. The molecule has 0 aromatic heterocycles. The van der Waals surface area contributed by atoms with Crippen LogP contribution in [0.25, 0.3) is 0 Å². The maximum atomic E-state index is 13.6. The molecule has 4 aromatic carbocycles. The Morgan fingerprint density at radius 2 is 1.16 bits per heavy atom. The molecule has 0 aliphatic carbocycles. The first-order valence-electron chi connectivity index (χ1n) is 13.4. The van der Waals surface area contributed by atoms with Crippen LogP contribution in [0.5, 0.6) is 11.5 Å². The number of rotatable bonds is 8. The minimum absolute atomic E-state index is 0.00108. The predicted octanol–water partition coefficient (Wildman–Crippen LogP) is 3.52. The summed E-state index contributed by atoms with van der Waals surface area (Å²) in [6.45, 7) is -0.750. The number of fused-ring (bicyclic) bond motifs is 2. The standard InChI is InChI=1S/C33H24N2O9/c1-43-21-6-10-27(28(14-21)44-2)35-31(40)23-8-5-19(13-25(23)33(35)42)29(38)18-4-7-22-24(12-18)32(41)34(30(22)39)26-9-3-17(15-36)11-20(26)16-37/h3-14,36-37H,15-16H2,1-2H3. The summed E-state index contributed by atoms with van der Waals surface area (Å²) in [6.07, 6.45) is 0. The van der Waals surface area contributed by atoms with Crippen molar-refractivity contribution in [3.05, 3.63) is 117 Å². The van der Waals surface area contributed by atoms with Crippen LogP contribution >= 0.6 is 0 Å². The molecule has 4 amide bonds. The van der Waals surface area contributed by atoms with Gasteiger partial charge < -0.3 is 19.7 Å². The minimum atomic E-state index is -0.676. The Morgan fingerprint density at radius 3 is 1.68 bits per heavy atom. The summed E-state index contributed by atoms with van der Waals surface area (Å²) in [4.78, 5) is 68.7. The van der Waals surface area contributed by atoms with Gasteiger partial charge in [-0.05, 0) is 54.1 Å². The largest absolute Gasteiger partial charge is 0.497 e. The quantitative estimate of drug-likeness (QED) is 0.231. The predicted molar refractivity (Wildman–Crippen MR) is 156 cm³/mol. The number of hydrogen-bond acceptors (Lipinski definition) is 9. The SMILES string of the molecule is COc1ccc(N2C(=O)c3ccc(C(=O)c4ccc5c(c4)C(=O)N(c4ccc(CO)cc4CO)C5=O)cc3C2=O)c(OC)c1. The molecule has 0 radical (unpaired) electrons. The van der Waals surface area contributed by atoms with Crippen molar-refractivity contribution in [2.24, 2.45) is 0 Å². The van der Waals surface area contributed by atoms with Gasteiger partial charge in [-0.25, -0.2) is 9.80 Å². The summed E-state index contributed by atoms with van der Waals surface area (Å²) in [5.74, 6) is -2.32. The smallest absolute Gasteiger partial charge is 0.266 e. The highest BCUT2D eigenvalue weighted by Gasteiger charge is 2.40. The van der Waals surface area contributed by atoms with Crippen LogP contribution in [0.3, 0.4) is 0 Å². The number of imide groups is 2. The molecular weight excluding hydrogens is 568 g/mol. The minimum Gasteiger partial charge on any atom is -0.497 e. The lowest BCUT2D eigenvalue weighted by Gasteiger charge is -2.18. The summed E-state index contributed by atoms with van der Waals surface area (Å²) < 4.78 is 10.6. The first-order valence-corrected chi connectivity index (χ1v) is 13.4. The lowest BCUT2D eigenvalue weighted by Crippen LogP contribution is -2.30. The van der Waals surface area contributed by atoms with Gasteiger partial charge in [-0.2, -0.15) is 0 Å². The van der Waals surface area contributed by atoms with Crippen LogP contribution in [-0.2, 0) is 13.2 Å². The van der Waals surface area contributed by atoms with Crippen LogP contribution in [0.2, 0.25) is 0 Å². The highest BCUT2D eigenvalue weighted by atomic mass is 16.5. The molecule has 11 nitrogen and oxygen atoms in total. The Bertz CT molecular complexity index is 1790. The molecule has 2 N–H and O–H groups in total. The molecule has 220 valence electrons. The third-order valence-corrected chi connectivity index (χ3v) is 7.66. The van der Waals surface area contributed by atoms with E-state index in [4.69, 9.17) is 9.47 Å². The van der Waals surface area contributed by atoms with Crippen LogP contribution in [0.1, 0.15) is 68.5 Å². The van der Waals surface area contributed by atoms with E-state index in [1.807, 2.05) is 0 Å². The third kappa shape index (κ3) is 4.34. The van der Waals surface area contributed by atoms with Gasteiger partial charge in [0.05, 0.1) is 61.1 Å². The molecule has 0 fully saturated rings. The third-order valence-electron chi connectivity index (χ3n) is 7.66. The summed E-state index contributed by atoms with van der Waals surface area (Å²) in [7, 11) is 2.88. The second kappa shape index (κ2) is 10.9.